The Morgan fingerprint density at radius 3 is 2.64 bits per heavy atom. The number of hydrogen-bond acceptors (Lipinski definition) is 3. The largest absolute Gasteiger partial charge is 0.370 e. The maximum Gasteiger partial charge on any atom is 0.129 e. The van der Waals surface area contributed by atoms with Gasteiger partial charge in [-0.05, 0) is 26.2 Å². The van der Waals surface area contributed by atoms with Crippen molar-refractivity contribution in [3.8, 4) is 0 Å². The monoisotopic (exact) mass is 193 g/mol. The van der Waals surface area contributed by atoms with Gasteiger partial charge in [-0.1, -0.05) is 13.8 Å². The Morgan fingerprint density at radius 1 is 1.36 bits per heavy atom. The van der Waals surface area contributed by atoms with Gasteiger partial charge in [-0.3, -0.25) is 0 Å². The number of aromatic nitrogens is 2. The van der Waals surface area contributed by atoms with Gasteiger partial charge in [-0.25, -0.2) is 9.97 Å². The zero-order chi connectivity index (χ0) is 10.6. The van der Waals surface area contributed by atoms with Crippen LogP contribution < -0.4 is 5.32 Å². The predicted octanol–water partition coefficient (Wildman–Crippen LogP) is 2.42. The van der Waals surface area contributed by atoms with Crippen LogP contribution in [-0.4, -0.2) is 16.5 Å². The molecule has 0 aliphatic rings. The van der Waals surface area contributed by atoms with Gasteiger partial charge in [0.2, 0.25) is 0 Å². The molecule has 0 amide bonds. The van der Waals surface area contributed by atoms with Crippen LogP contribution in [0.5, 0.6) is 0 Å². The summed E-state index contributed by atoms with van der Waals surface area (Å²) < 4.78 is 0. The number of nitrogens with zero attached hydrogens (tertiary/aromatic N) is 2. The lowest BCUT2D eigenvalue weighted by Gasteiger charge is -2.08. The molecule has 3 heteroatoms. The third-order valence-electron chi connectivity index (χ3n) is 1.87. The molecule has 3 nitrogen and oxygen atoms in total. The molecule has 1 heterocycles. The van der Waals surface area contributed by atoms with Gasteiger partial charge in [-0.15, -0.1) is 0 Å². The second-order valence-corrected chi connectivity index (χ2v) is 3.92. The van der Waals surface area contributed by atoms with Gasteiger partial charge in [-0.2, -0.15) is 0 Å². The highest BCUT2D eigenvalue weighted by atomic mass is 15.0. The number of hydrogen-bond donors (Lipinski definition) is 1. The van der Waals surface area contributed by atoms with E-state index in [0.29, 0.717) is 5.92 Å². The van der Waals surface area contributed by atoms with E-state index in [1.807, 2.05) is 13.0 Å². The fraction of sp³-hybridized carbons (Fsp3) is 0.636. The first-order valence-electron chi connectivity index (χ1n) is 5.20. The van der Waals surface area contributed by atoms with Crippen molar-refractivity contribution >= 4 is 5.82 Å². The lowest BCUT2D eigenvalue weighted by molar-refractivity contribution is 0.632. The minimum Gasteiger partial charge on any atom is -0.370 e. The summed E-state index contributed by atoms with van der Waals surface area (Å²) in [4.78, 5) is 8.71. The van der Waals surface area contributed by atoms with Crippen molar-refractivity contribution in [1.82, 2.24) is 9.97 Å². The molecule has 0 radical (unpaired) electrons. The molecular formula is C11H19N3. The summed E-state index contributed by atoms with van der Waals surface area (Å²) in [5.41, 5.74) is 1.13. The fourth-order valence-electron chi connectivity index (χ4n) is 1.42. The summed E-state index contributed by atoms with van der Waals surface area (Å²) in [6.45, 7) is 9.30. The van der Waals surface area contributed by atoms with Crippen LogP contribution in [0.2, 0.25) is 0 Å². The third kappa shape index (κ3) is 3.32. The maximum absolute atomic E-state index is 4.41. The lowest BCUT2D eigenvalue weighted by atomic mass is 10.1. The zero-order valence-electron chi connectivity index (χ0n) is 9.46. The summed E-state index contributed by atoms with van der Waals surface area (Å²) in [6.07, 6.45) is 1.02. The maximum atomic E-state index is 4.41. The Labute approximate surface area is 86.0 Å². The molecule has 1 aromatic rings. The number of rotatable bonds is 4. The predicted molar refractivity (Wildman–Crippen MR) is 59.5 cm³/mol. The first-order valence-corrected chi connectivity index (χ1v) is 5.20. The van der Waals surface area contributed by atoms with Crippen molar-refractivity contribution in [2.24, 2.45) is 5.92 Å². The molecule has 1 aromatic heterocycles. The molecule has 0 spiro atoms. The van der Waals surface area contributed by atoms with Gasteiger partial charge >= 0.3 is 0 Å². The van der Waals surface area contributed by atoms with E-state index in [2.05, 4.69) is 36.1 Å². The lowest BCUT2D eigenvalue weighted by Crippen LogP contribution is -2.05. The van der Waals surface area contributed by atoms with Gasteiger partial charge in [0.05, 0.1) is 0 Å². The second kappa shape index (κ2) is 4.94. The highest BCUT2D eigenvalue weighted by Gasteiger charge is 2.03. The molecule has 0 atom stereocenters. The molecule has 0 aromatic carbocycles. The molecule has 0 saturated carbocycles. The standard InChI is InChI=1S/C11H19N3/c1-5-12-11-7-10(6-8(2)3)13-9(4)14-11/h7-8H,5-6H2,1-4H3,(H,12,13,14). The molecule has 1 rings (SSSR count). The van der Waals surface area contributed by atoms with Crippen LogP contribution in [-0.2, 0) is 6.42 Å². The number of nitrogens with one attached hydrogen (secondary N) is 1. The van der Waals surface area contributed by atoms with Crippen molar-refractivity contribution in [2.75, 3.05) is 11.9 Å². The van der Waals surface area contributed by atoms with E-state index in [1.54, 1.807) is 0 Å². The number of anilines is 1. The molecule has 0 fully saturated rings. The van der Waals surface area contributed by atoms with Crippen molar-refractivity contribution in [3.63, 3.8) is 0 Å². The Hall–Kier alpha value is -1.12. The quantitative estimate of drug-likeness (QED) is 0.798. The van der Waals surface area contributed by atoms with E-state index in [4.69, 9.17) is 0 Å². The minimum atomic E-state index is 0.638. The molecule has 14 heavy (non-hydrogen) atoms. The van der Waals surface area contributed by atoms with Crippen LogP contribution in [0.15, 0.2) is 6.07 Å². The van der Waals surface area contributed by atoms with Crippen molar-refractivity contribution in [2.45, 2.75) is 34.1 Å². The summed E-state index contributed by atoms with van der Waals surface area (Å²) in [5.74, 6) is 2.42. The fourth-order valence-corrected chi connectivity index (χ4v) is 1.42. The Balaban J connectivity index is 2.83. The topological polar surface area (TPSA) is 37.8 Å². The van der Waals surface area contributed by atoms with Crippen molar-refractivity contribution in [3.05, 3.63) is 17.6 Å². The van der Waals surface area contributed by atoms with Gasteiger partial charge in [0.1, 0.15) is 11.6 Å². The molecule has 0 aliphatic heterocycles. The minimum absolute atomic E-state index is 0.638. The Morgan fingerprint density at radius 2 is 2.07 bits per heavy atom. The smallest absolute Gasteiger partial charge is 0.129 e. The van der Waals surface area contributed by atoms with Gasteiger partial charge < -0.3 is 5.32 Å². The Bertz CT molecular complexity index is 295. The number of aryl methyl sites for hydroxylation is 1. The van der Waals surface area contributed by atoms with Gasteiger partial charge in [0.25, 0.3) is 0 Å². The zero-order valence-corrected chi connectivity index (χ0v) is 9.46. The van der Waals surface area contributed by atoms with Crippen molar-refractivity contribution < 1.29 is 0 Å². The van der Waals surface area contributed by atoms with E-state index >= 15 is 0 Å². The third-order valence-corrected chi connectivity index (χ3v) is 1.87. The van der Waals surface area contributed by atoms with Crippen LogP contribution in [0.3, 0.4) is 0 Å². The molecule has 0 saturated heterocycles. The van der Waals surface area contributed by atoms with Gasteiger partial charge in [0, 0.05) is 18.3 Å². The second-order valence-electron chi connectivity index (χ2n) is 3.92. The van der Waals surface area contributed by atoms with Crippen LogP contribution in [0, 0.1) is 12.8 Å². The molecule has 0 unspecified atom stereocenters. The van der Waals surface area contributed by atoms with Crippen LogP contribution >= 0.6 is 0 Å². The molecule has 1 N–H and O–H groups in total. The summed E-state index contributed by atoms with van der Waals surface area (Å²) in [5, 5.41) is 3.21. The van der Waals surface area contributed by atoms with E-state index in [0.717, 1.165) is 30.3 Å². The first-order chi connectivity index (χ1) is 6.61. The van der Waals surface area contributed by atoms with Crippen LogP contribution in [0.1, 0.15) is 32.3 Å². The average molecular weight is 193 g/mol. The molecule has 78 valence electrons. The SMILES string of the molecule is CCNc1cc(CC(C)C)nc(C)n1. The molecule has 0 bridgehead atoms. The normalized spacial score (nSPS) is 10.6. The highest BCUT2D eigenvalue weighted by molar-refractivity contribution is 5.35. The van der Waals surface area contributed by atoms with Crippen LogP contribution in [0.25, 0.3) is 0 Å². The van der Waals surface area contributed by atoms with Crippen molar-refractivity contribution in [1.29, 1.82) is 0 Å². The highest BCUT2D eigenvalue weighted by Crippen LogP contribution is 2.10. The summed E-state index contributed by atoms with van der Waals surface area (Å²) in [6, 6.07) is 2.04. The van der Waals surface area contributed by atoms with E-state index in [9.17, 15) is 0 Å². The van der Waals surface area contributed by atoms with E-state index in [-0.39, 0.29) is 0 Å². The van der Waals surface area contributed by atoms with E-state index in [1.165, 1.54) is 0 Å². The Kier molecular flexibility index (Phi) is 3.86. The molecular weight excluding hydrogens is 174 g/mol. The summed E-state index contributed by atoms with van der Waals surface area (Å²) >= 11 is 0. The average Bonchev–Trinajstić information content (AvgIpc) is 2.01. The van der Waals surface area contributed by atoms with Gasteiger partial charge in [0.15, 0.2) is 0 Å². The first kappa shape index (κ1) is 11.0. The summed E-state index contributed by atoms with van der Waals surface area (Å²) in [7, 11) is 0. The van der Waals surface area contributed by atoms with Crippen LogP contribution in [0.4, 0.5) is 5.82 Å². The molecule has 0 aliphatic carbocycles. The van der Waals surface area contributed by atoms with E-state index < -0.39 is 0 Å².